The first-order chi connectivity index (χ1) is 9.32. The summed E-state index contributed by atoms with van der Waals surface area (Å²) in [5.74, 6) is -1.34. The van der Waals surface area contributed by atoms with E-state index in [0.29, 0.717) is 0 Å². The fourth-order valence-electron chi connectivity index (χ4n) is 1.53. The summed E-state index contributed by atoms with van der Waals surface area (Å²) in [5, 5.41) is 22.2. The second-order valence-electron chi connectivity index (χ2n) is 4.26. The number of nitro groups is 1. The number of anilines is 1. The van der Waals surface area contributed by atoms with Crippen molar-refractivity contribution >= 4 is 23.3 Å². The number of carbonyl (C=O) groups is 2. The minimum absolute atomic E-state index is 0.0666. The van der Waals surface area contributed by atoms with Gasteiger partial charge in [-0.25, -0.2) is 0 Å². The second-order valence-corrected chi connectivity index (χ2v) is 4.26. The van der Waals surface area contributed by atoms with Crippen LogP contribution in [0.2, 0.25) is 0 Å². The molecule has 0 fully saturated rings. The summed E-state index contributed by atoms with van der Waals surface area (Å²) >= 11 is 0. The average molecular weight is 281 g/mol. The van der Waals surface area contributed by atoms with Crippen LogP contribution in [0.5, 0.6) is 0 Å². The lowest BCUT2D eigenvalue weighted by atomic mass is 10.1. The van der Waals surface area contributed by atoms with Gasteiger partial charge in [0, 0.05) is 32.3 Å². The van der Waals surface area contributed by atoms with Crippen LogP contribution in [0, 0.1) is 10.1 Å². The van der Waals surface area contributed by atoms with Gasteiger partial charge >= 0.3 is 5.97 Å². The lowest BCUT2D eigenvalue weighted by molar-refractivity contribution is -0.384. The number of carboxylic acid groups (broad SMARTS) is 1. The first kappa shape index (κ1) is 15.4. The van der Waals surface area contributed by atoms with Crippen molar-refractivity contribution in [3.05, 3.63) is 33.9 Å². The summed E-state index contributed by atoms with van der Waals surface area (Å²) in [6.45, 7) is 0.0666. The number of rotatable bonds is 6. The van der Waals surface area contributed by atoms with Crippen LogP contribution in [-0.4, -0.2) is 47.4 Å². The van der Waals surface area contributed by atoms with E-state index in [1.165, 1.54) is 23.1 Å². The van der Waals surface area contributed by atoms with Gasteiger partial charge < -0.3 is 15.3 Å². The molecule has 0 unspecified atom stereocenters. The summed E-state index contributed by atoms with van der Waals surface area (Å²) in [4.78, 5) is 33.8. The molecule has 8 heteroatoms. The Balaban J connectivity index is 2.99. The number of hydrogen-bond donors (Lipinski definition) is 2. The Labute approximate surface area is 115 Å². The van der Waals surface area contributed by atoms with Crippen LogP contribution in [0.15, 0.2) is 18.2 Å². The smallest absolute Gasteiger partial charge is 0.305 e. The molecule has 0 aliphatic heterocycles. The molecule has 1 amide bonds. The van der Waals surface area contributed by atoms with Crippen molar-refractivity contribution in [2.75, 3.05) is 26.0 Å². The van der Waals surface area contributed by atoms with Crippen molar-refractivity contribution in [3.63, 3.8) is 0 Å². The second kappa shape index (κ2) is 6.50. The molecule has 1 aromatic carbocycles. The number of hydrogen-bond acceptors (Lipinski definition) is 5. The molecule has 0 aliphatic carbocycles. The third-order valence-corrected chi connectivity index (χ3v) is 2.50. The van der Waals surface area contributed by atoms with E-state index in [1.54, 1.807) is 14.1 Å². The van der Waals surface area contributed by atoms with Crippen LogP contribution < -0.4 is 5.32 Å². The van der Waals surface area contributed by atoms with Crippen molar-refractivity contribution in [2.45, 2.75) is 6.42 Å². The molecule has 0 saturated carbocycles. The lowest BCUT2D eigenvalue weighted by Crippen LogP contribution is -2.21. The molecular weight excluding hydrogens is 266 g/mol. The van der Waals surface area contributed by atoms with Crippen LogP contribution in [-0.2, 0) is 4.79 Å². The highest BCUT2D eigenvalue weighted by Gasteiger charge is 2.18. The number of amides is 1. The highest BCUT2D eigenvalue weighted by atomic mass is 16.6. The Morgan fingerprint density at radius 3 is 2.55 bits per heavy atom. The molecule has 0 aliphatic rings. The zero-order valence-electron chi connectivity index (χ0n) is 11.1. The van der Waals surface area contributed by atoms with E-state index in [4.69, 9.17) is 5.11 Å². The van der Waals surface area contributed by atoms with E-state index in [9.17, 15) is 19.7 Å². The monoisotopic (exact) mass is 281 g/mol. The van der Waals surface area contributed by atoms with E-state index in [2.05, 4.69) is 5.32 Å². The van der Waals surface area contributed by atoms with Crippen LogP contribution in [0.3, 0.4) is 0 Å². The van der Waals surface area contributed by atoms with Crippen LogP contribution >= 0.6 is 0 Å². The highest BCUT2D eigenvalue weighted by Crippen LogP contribution is 2.26. The molecule has 0 heterocycles. The maximum absolute atomic E-state index is 11.7. The largest absolute Gasteiger partial charge is 0.481 e. The minimum atomic E-state index is -1.00. The Morgan fingerprint density at radius 1 is 1.40 bits per heavy atom. The number of carbonyl (C=O) groups excluding carboxylic acids is 1. The van der Waals surface area contributed by atoms with E-state index >= 15 is 0 Å². The van der Waals surface area contributed by atoms with E-state index in [0.717, 1.165) is 0 Å². The predicted molar refractivity (Wildman–Crippen MR) is 71.9 cm³/mol. The normalized spacial score (nSPS) is 9.90. The number of nitrogens with one attached hydrogen (secondary N) is 1. The van der Waals surface area contributed by atoms with Gasteiger partial charge in [0.05, 0.1) is 11.3 Å². The van der Waals surface area contributed by atoms with Crippen molar-refractivity contribution < 1.29 is 19.6 Å². The minimum Gasteiger partial charge on any atom is -0.481 e. The molecule has 1 rings (SSSR count). The summed E-state index contributed by atoms with van der Waals surface area (Å²) in [6.07, 6.45) is -0.157. The first-order valence-electron chi connectivity index (χ1n) is 5.78. The fraction of sp³-hybridized carbons (Fsp3) is 0.333. The first-order valence-corrected chi connectivity index (χ1v) is 5.78. The third-order valence-electron chi connectivity index (χ3n) is 2.50. The SMILES string of the molecule is CN(C)C(=O)c1ccc(NCCC(=O)O)c([N+](=O)[O-])c1. The molecule has 0 aromatic heterocycles. The zero-order chi connectivity index (χ0) is 15.3. The van der Waals surface area contributed by atoms with Gasteiger partial charge in [-0.15, -0.1) is 0 Å². The Kier molecular flexibility index (Phi) is 5.01. The summed E-state index contributed by atoms with van der Waals surface area (Å²) < 4.78 is 0. The quantitative estimate of drug-likeness (QED) is 0.598. The van der Waals surface area contributed by atoms with Gasteiger partial charge in [0.1, 0.15) is 5.69 Å². The topological polar surface area (TPSA) is 113 Å². The Bertz CT molecular complexity index is 542. The highest BCUT2D eigenvalue weighted by molar-refractivity contribution is 5.95. The van der Waals surface area contributed by atoms with Crippen molar-refractivity contribution in [3.8, 4) is 0 Å². The van der Waals surface area contributed by atoms with Gasteiger partial charge in [0.25, 0.3) is 11.6 Å². The maximum Gasteiger partial charge on any atom is 0.305 e. The molecule has 0 saturated heterocycles. The number of aliphatic carboxylic acids is 1. The molecule has 0 bridgehead atoms. The molecule has 108 valence electrons. The summed E-state index contributed by atoms with van der Waals surface area (Å²) in [7, 11) is 3.10. The van der Waals surface area contributed by atoms with Gasteiger partial charge in [-0.05, 0) is 12.1 Å². The predicted octanol–water partition coefficient (Wildman–Crippen LogP) is 1.18. The molecule has 20 heavy (non-hydrogen) atoms. The molecule has 8 nitrogen and oxygen atoms in total. The number of nitro benzene ring substituents is 1. The molecule has 0 radical (unpaired) electrons. The molecule has 0 atom stereocenters. The van der Waals surface area contributed by atoms with Crippen molar-refractivity contribution in [1.29, 1.82) is 0 Å². The summed E-state index contributed by atoms with van der Waals surface area (Å²) in [6, 6.07) is 4.03. The Hall–Kier alpha value is -2.64. The van der Waals surface area contributed by atoms with Gasteiger partial charge in [0.2, 0.25) is 0 Å². The molecule has 2 N–H and O–H groups in total. The molecule has 0 spiro atoms. The zero-order valence-corrected chi connectivity index (χ0v) is 11.1. The van der Waals surface area contributed by atoms with E-state index in [-0.39, 0.29) is 35.8 Å². The van der Waals surface area contributed by atoms with Crippen LogP contribution in [0.25, 0.3) is 0 Å². The fourth-order valence-corrected chi connectivity index (χ4v) is 1.53. The third kappa shape index (κ3) is 3.94. The van der Waals surface area contributed by atoms with E-state index in [1.807, 2.05) is 0 Å². The van der Waals surface area contributed by atoms with Crippen LogP contribution in [0.4, 0.5) is 11.4 Å². The van der Waals surface area contributed by atoms with Crippen LogP contribution in [0.1, 0.15) is 16.8 Å². The lowest BCUT2D eigenvalue weighted by Gasteiger charge is -2.11. The average Bonchev–Trinajstić information content (AvgIpc) is 2.37. The maximum atomic E-state index is 11.7. The van der Waals surface area contributed by atoms with Gasteiger partial charge in [0.15, 0.2) is 0 Å². The van der Waals surface area contributed by atoms with Crippen molar-refractivity contribution in [2.24, 2.45) is 0 Å². The molecular formula is C12H15N3O5. The summed E-state index contributed by atoms with van der Waals surface area (Å²) in [5.41, 5.74) is 0.125. The number of carboxylic acids is 1. The number of benzene rings is 1. The van der Waals surface area contributed by atoms with Gasteiger partial charge in [-0.2, -0.15) is 0 Å². The van der Waals surface area contributed by atoms with Gasteiger partial charge in [-0.1, -0.05) is 0 Å². The Morgan fingerprint density at radius 2 is 2.05 bits per heavy atom. The van der Waals surface area contributed by atoms with Crippen molar-refractivity contribution in [1.82, 2.24) is 4.90 Å². The number of nitrogens with zero attached hydrogens (tertiary/aromatic N) is 2. The molecule has 1 aromatic rings. The van der Waals surface area contributed by atoms with E-state index < -0.39 is 10.9 Å². The van der Waals surface area contributed by atoms with Gasteiger partial charge in [-0.3, -0.25) is 19.7 Å². The standard InChI is InChI=1S/C12H15N3O5/c1-14(2)12(18)8-3-4-9(10(7-8)15(19)20)13-6-5-11(16)17/h3-4,7,13H,5-6H2,1-2H3,(H,16,17).